The van der Waals surface area contributed by atoms with Crippen molar-refractivity contribution >= 4 is 18.1 Å². The number of carboxylic acid groups (broad SMARTS) is 1. The summed E-state index contributed by atoms with van der Waals surface area (Å²) in [6, 6.07) is 7.18. The maximum Gasteiger partial charge on any atom is 0.419 e. The molecule has 1 fully saturated rings. The number of carboxylic acids is 1. The van der Waals surface area contributed by atoms with Crippen molar-refractivity contribution in [2.75, 3.05) is 13.1 Å². The van der Waals surface area contributed by atoms with Crippen molar-refractivity contribution in [2.45, 2.75) is 32.4 Å². The Kier molecular flexibility index (Phi) is 5.56. The molecule has 1 atom stereocenters. The van der Waals surface area contributed by atoms with Gasteiger partial charge in [0.1, 0.15) is 6.61 Å². The molecule has 0 bridgehead atoms. The molecule has 1 aromatic carbocycles. The number of carbonyl (C=O) groups is 3. The predicted octanol–water partition coefficient (Wildman–Crippen LogP) is 2.31. The summed E-state index contributed by atoms with van der Waals surface area (Å²) in [6.07, 6.45) is 0.704. The van der Waals surface area contributed by atoms with E-state index < -0.39 is 24.1 Å². The SMILES string of the molecule is CCCCN1CC(C(=O)O)N(C(=O)OCc2ccccc2)C1=O. The number of urea groups is 1. The van der Waals surface area contributed by atoms with E-state index in [1.54, 1.807) is 24.3 Å². The molecule has 1 N–H and O–H groups in total. The van der Waals surface area contributed by atoms with Crippen molar-refractivity contribution in [1.82, 2.24) is 9.80 Å². The topological polar surface area (TPSA) is 87.2 Å². The summed E-state index contributed by atoms with van der Waals surface area (Å²) in [5.74, 6) is -1.21. The molecule has 7 heteroatoms. The van der Waals surface area contributed by atoms with E-state index >= 15 is 0 Å². The zero-order valence-corrected chi connectivity index (χ0v) is 13.0. The summed E-state index contributed by atoms with van der Waals surface area (Å²) in [4.78, 5) is 37.8. The van der Waals surface area contributed by atoms with Crippen molar-refractivity contribution < 1.29 is 24.2 Å². The van der Waals surface area contributed by atoms with E-state index in [1.165, 1.54) is 4.90 Å². The maximum absolute atomic E-state index is 12.3. The number of aliphatic carboxylic acids is 1. The molecule has 1 aliphatic heterocycles. The molecule has 0 aromatic heterocycles. The summed E-state index contributed by atoms with van der Waals surface area (Å²) in [5, 5.41) is 9.25. The van der Waals surface area contributed by atoms with Gasteiger partial charge in [0.2, 0.25) is 0 Å². The van der Waals surface area contributed by atoms with Gasteiger partial charge in [0, 0.05) is 6.54 Å². The minimum atomic E-state index is -1.21. The number of hydrogen-bond donors (Lipinski definition) is 1. The lowest BCUT2D eigenvalue weighted by molar-refractivity contribution is -0.140. The molecule has 7 nitrogen and oxygen atoms in total. The molecule has 1 heterocycles. The highest BCUT2D eigenvalue weighted by atomic mass is 16.6. The van der Waals surface area contributed by atoms with Crippen LogP contribution in [0.25, 0.3) is 0 Å². The van der Waals surface area contributed by atoms with Crippen LogP contribution in [0.4, 0.5) is 9.59 Å². The molecular weight excluding hydrogens is 300 g/mol. The van der Waals surface area contributed by atoms with Gasteiger partial charge in [-0.05, 0) is 12.0 Å². The Hall–Kier alpha value is -2.57. The largest absolute Gasteiger partial charge is 0.480 e. The molecule has 0 spiro atoms. The van der Waals surface area contributed by atoms with Gasteiger partial charge < -0.3 is 14.7 Å². The van der Waals surface area contributed by atoms with Crippen molar-refractivity contribution in [3.8, 4) is 0 Å². The van der Waals surface area contributed by atoms with Gasteiger partial charge in [-0.15, -0.1) is 0 Å². The van der Waals surface area contributed by atoms with Gasteiger partial charge in [-0.2, -0.15) is 0 Å². The van der Waals surface area contributed by atoms with Gasteiger partial charge in [-0.3, -0.25) is 0 Å². The lowest BCUT2D eigenvalue weighted by atomic mass is 10.2. The van der Waals surface area contributed by atoms with Crippen LogP contribution < -0.4 is 0 Å². The average Bonchev–Trinajstić information content (AvgIpc) is 2.88. The summed E-state index contributed by atoms with van der Waals surface area (Å²) in [5.41, 5.74) is 0.766. The number of carbonyl (C=O) groups excluding carboxylic acids is 2. The number of imide groups is 1. The van der Waals surface area contributed by atoms with E-state index in [0.29, 0.717) is 11.4 Å². The third kappa shape index (κ3) is 4.00. The van der Waals surface area contributed by atoms with E-state index in [-0.39, 0.29) is 13.2 Å². The van der Waals surface area contributed by atoms with Gasteiger partial charge in [-0.25, -0.2) is 19.3 Å². The van der Waals surface area contributed by atoms with Gasteiger partial charge in [0.05, 0.1) is 6.54 Å². The minimum absolute atomic E-state index is 0.00535. The quantitative estimate of drug-likeness (QED) is 0.869. The molecule has 0 saturated carbocycles. The highest BCUT2D eigenvalue weighted by Gasteiger charge is 2.45. The van der Waals surface area contributed by atoms with Crippen LogP contribution in [0.2, 0.25) is 0 Å². The number of benzene rings is 1. The molecule has 124 valence electrons. The molecular formula is C16H20N2O5. The van der Waals surface area contributed by atoms with Crippen LogP contribution in [-0.2, 0) is 16.1 Å². The Morgan fingerprint density at radius 3 is 2.61 bits per heavy atom. The molecule has 2 rings (SSSR count). The second-order valence-electron chi connectivity index (χ2n) is 5.35. The van der Waals surface area contributed by atoms with Crippen LogP contribution in [0.3, 0.4) is 0 Å². The van der Waals surface area contributed by atoms with Crippen LogP contribution in [-0.4, -0.2) is 52.1 Å². The first-order valence-electron chi connectivity index (χ1n) is 7.56. The number of hydrogen-bond acceptors (Lipinski definition) is 4. The third-order valence-electron chi connectivity index (χ3n) is 3.65. The first-order chi connectivity index (χ1) is 11.0. The lowest BCUT2D eigenvalue weighted by Gasteiger charge is -2.18. The Labute approximate surface area is 134 Å². The maximum atomic E-state index is 12.3. The first kappa shape index (κ1) is 16.8. The zero-order chi connectivity index (χ0) is 16.8. The number of rotatable bonds is 6. The van der Waals surface area contributed by atoms with Gasteiger partial charge in [-0.1, -0.05) is 43.7 Å². The van der Waals surface area contributed by atoms with Crippen LogP contribution in [0.5, 0.6) is 0 Å². The van der Waals surface area contributed by atoms with E-state index in [2.05, 4.69) is 0 Å². The molecule has 3 amide bonds. The summed E-state index contributed by atoms with van der Waals surface area (Å²) >= 11 is 0. The van der Waals surface area contributed by atoms with Crippen molar-refractivity contribution in [2.24, 2.45) is 0 Å². The van der Waals surface area contributed by atoms with Gasteiger partial charge >= 0.3 is 18.1 Å². The fourth-order valence-electron chi connectivity index (χ4n) is 2.37. The predicted molar refractivity (Wildman–Crippen MR) is 81.8 cm³/mol. The molecule has 0 aliphatic carbocycles. The van der Waals surface area contributed by atoms with E-state index in [4.69, 9.17) is 4.74 Å². The first-order valence-corrected chi connectivity index (χ1v) is 7.56. The van der Waals surface area contributed by atoms with Crippen LogP contribution in [0.15, 0.2) is 30.3 Å². The number of amides is 3. The highest BCUT2D eigenvalue weighted by molar-refractivity contribution is 5.98. The normalized spacial score (nSPS) is 17.4. The van der Waals surface area contributed by atoms with E-state index in [9.17, 15) is 19.5 Å². The third-order valence-corrected chi connectivity index (χ3v) is 3.65. The molecule has 1 unspecified atom stereocenters. The summed E-state index contributed by atoms with van der Waals surface area (Å²) < 4.78 is 5.09. The Bertz CT molecular complexity index is 575. The number of unbranched alkanes of at least 4 members (excludes halogenated alkanes) is 1. The van der Waals surface area contributed by atoms with E-state index in [0.717, 1.165) is 18.4 Å². The smallest absolute Gasteiger partial charge is 0.419 e. The minimum Gasteiger partial charge on any atom is -0.480 e. The Morgan fingerprint density at radius 2 is 2.00 bits per heavy atom. The zero-order valence-electron chi connectivity index (χ0n) is 13.0. The summed E-state index contributed by atoms with van der Waals surface area (Å²) in [6.45, 7) is 2.39. The Balaban J connectivity index is 2.03. The highest BCUT2D eigenvalue weighted by Crippen LogP contribution is 2.19. The van der Waals surface area contributed by atoms with Crippen molar-refractivity contribution in [3.05, 3.63) is 35.9 Å². The molecule has 0 radical (unpaired) electrons. The summed E-state index contributed by atoms with van der Waals surface area (Å²) in [7, 11) is 0. The fourth-order valence-corrected chi connectivity index (χ4v) is 2.37. The Morgan fingerprint density at radius 1 is 1.30 bits per heavy atom. The van der Waals surface area contributed by atoms with Crippen LogP contribution in [0.1, 0.15) is 25.3 Å². The second kappa shape index (κ2) is 7.62. The van der Waals surface area contributed by atoms with Crippen LogP contribution >= 0.6 is 0 Å². The molecule has 23 heavy (non-hydrogen) atoms. The standard InChI is InChI=1S/C16H20N2O5/c1-2-3-9-17-10-13(14(19)20)18(15(17)21)16(22)23-11-12-7-5-4-6-8-12/h4-8,13H,2-3,9-11H2,1H3,(H,19,20). The average molecular weight is 320 g/mol. The van der Waals surface area contributed by atoms with E-state index in [1.807, 2.05) is 13.0 Å². The number of ether oxygens (including phenoxy) is 1. The molecule has 1 aliphatic rings. The lowest BCUT2D eigenvalue weighted by Crippen LogP contribution is -2.44. The van der Waals surface area contributed by atoms with Crippen molar-refractivity contribution in [1.29, 1.82) is 0 Å². The van der Waals surface area contributed by atoms with Gasteiger partial charge in [0.15, 0.2) is 6.04 Å². The van der Waals surface area contributed by atoms with Crippen molar-refractivity contribution in [3.63, 3.8) is 0 Å². The fraction of sp³-hybridized carbons (Fsp3) is 0.438. The molecule has 1 saturated heterocycles. The monoisotopic (exact) mass is 320 g/mol. The van der Waals surface area contributed by atoms with Gasteiger partial charge in [0.25, 0.3) is 0 Å². The molecule has 1 aromatic rings. The second-order valence-corrected chi connectivity index (χ2v) is 5.35. The van der Waals surface area contributed by atoms with Crippen LogP contribution in [0, 0.1) is 0 Å². The number of nitrogens with zero attached hydrogens (tertiary/aromatic N) is 2.